The van der Waals surface area contributed by atoms with Crippen LogP contribution in [0.3, 0.4) is 0 Å². The number of carbonyl (C=O) groups excluding carboxylic acids is 1. The van der Waals surface area contributed by atoms with Gasteiger partial charge in [0.25, 0.3) is 0 Å². The number of hydrogen-bond acceptors (Lipinski definition) is 4. The number of aryl methyl sites for hydroxylation is 1. The van der Waals surface area contributed by atoms with Crippen molar-refractivity contribution in [3.63, 3.8) is 0 Å². The van der Waals surface area contributed by atoms with Gasteiger partial charge in [-0.25, -0.2) is 13.1 Å². The minimum Gasteiger partial charge on any atom is -0.338 e. The van der Waals surface area contributed by atoms with Gasteiger partial charge in [0.2, 0.25) is 15.9 Å². The van der Waals surface area contributed by atoms with Gasteiger partial charge in [-0.15, -0.1) is 12.4 Å². The molecule has 1 aromatic rings. The Morgan fingerprint density at radius 1 is 1.22 bits per heavy atom. The fourth-order valence-electron chi connectivity index (χ4n) is 3.38. The van der Waals surface area contributed by atoms with Crippen molar-refractivity contribution in [1.82, 2.24) is 14.9 Å². The second-order valence-corrected chi connectivity index (χ2v) is 8.99. The van der Waals surface area contributed by atoms with Crippen molar-refractivity contribution in [3.8, 4) is 0 Å². The van der Waals surface area contributed by atoms with Gasteiger partial charge in [-0.05, 0) is 56.3 Å². The van der Waals surface area contributed by atoms with Gasteiger partial charge in [0, 0.05) is 31.6 Å². The summed E-state index contributed by atoms with van der Waals surface area (Å²) in [6, 6.07) is 7.31. The van der Waals surface area contributed by atoms with E-state index >= 15 is 0 Å². The lowest BCUT2D eigenvalue weighted by Crippen LogP contribution is -2.42. The quantitative estimate of drug-likeness (QED) is 0.647. The van der Waals surface area contributed by atoms with Gasteiger partial charge in [0.1, 0.15) is 0 Å². The van der Waals surface area contributed by atoms with E-state index in [-0.39, 0.29) is 24.4 Å². The fraction of sp³-hybridized carbons (Fsp3) is 0.632. The summed E-state index contributed by atoms with van der Waals surface area (Å²) in [5.74, 6) is 0.188. The van der Waals surface area contributed by atoms with Crippen molar-refractivity contribution in [1.29, 1.82) is 0 Å². The molecule has 1 aromatic carbocycles. The van der Waals surface area contributed by atoms with Crippen LogP contribution in [0.4, 0.5) is 0 Å². The Kier molecular flexibility index (Phi) is 8.09. The van der Waals surface area contributed by atoms with Crippen LogP contribution in [0.1, 0.15) is 44.6 Å². The van der Waals surface area contributed by atoms with Gasteiger partial charge in [0.05, 0.1) is 4.90 Å². The third kappa shape index (κ3) is 6.17. The monoisotopic (exact) mass is 415 g/mol. The van der Waals surface area contributed by atoms with Crippen LogP contribution in [-0.2, 0) is 21.2 Å². The van der Waals surface area contributed by atoms with Gasteiger partial charge in [-0.3, -0.25) is 4.79 Å². The highest BCUT2D eigenvalue weighted by atomic mass is 35.5. The minimum absolute atomic E-state index is 0. The molecule has 2 aliphatic rings. The fourth-order valence-corrected chi connectivity index (χ4v) is 4.68. The summed E-state index contributed by atoms with van der Waals surface area (Å²) in [7, 11) is -3.41. The molecule has 0 bridgehead atoms. The van der Waals surface area contributed by atoms with E-state index in [4.69, 9.17) is 0 Å². The predicted octanol–water partition coefficient (Wildman–Crippen LogP) is 2.08. The van der Waals surface area contributed by atoms with Crippen LogP contribution in [0.25, 0.3) is 0 Å². The van der Waals surface area contributed by atoms with E-state index in [1.165, 1.54) is 0 Å². The number of nitrogens with one attached hydrogen (secondary N) is 2. The number of rotatable bonds is 9. The predicted molar refractivity (Wildman–Crippen MR) is 109 cm³/mol. The second-order valence-electron chi connectivity index (χ2n) is 7.27. The van der Waals surface area contributed by atoms with E-state index in [1.54, 1.807) is 12.1 Å². The van der Waals surface area contributed by atoms with Crippen molar-refractivity contribution < 1.29 is 13.2 Å². The Labute approximate surface area is 168 Å². The van der Waals surface area contributed by atoms with Crippen LogP contribution in [0.5, 0.6) is 0 Å². The zero-order chi connectivity index (χ0) is 18.6. The van der Waals surface area contributed by atoms with Crippen LogP contribution in [-0.4, -0.2) is 50.9 Å². The number of halogens is 1. The molecule has 6 nitrogen and oxygen atoms in total. The first-order valence-corrected chi connectivity index (χ1v) is 11.1. The molecule has 1 amide bonds. The first kappa shape index (κ1) is 22.1. The topological polar surface area (TPSA) is 78.5 Å². The summed E-state index contributed by atoms with van der Waals surface area (Å²) in [4.78, 5) is 14.9. The average molecular weight is 416 g/mol. The van der Waals surface area contributed by atoms with Crippen molar-refractivity contribution in [3.05, 3.63) is 29.8 Å². The van der Waals surface area contributed by atoms with E-state index in [2.05, 4.69) is 17.0 Å². The molecule has 8 heteroatoms. The molecule has 1 heterocycles. The summed E-state index contributed by atoms with van der Waals surface area (Å²) in [5, 5.41) is 3.32. The first-order chi connectivity index (χ1) is 12.5. The molecular weight excluding hydrogens is 386 g/mol. The highest BCUT2D eigenvalue weighted by molar-refractivity contribution is 7.89. The first-order valence-electron chi connectivity index (χ1n) is 9.61. The lowest BCUT2D eigenvalue weighted by Gasteiger charge is -2.28. The van der Waals surface area contributed by atoms with Crippen LogP contribution in [0, 0.1) is 0 Å². The van der Waals surface area contributed by atoms with Gasteiger partial charge in [-0.1, -0.05) is 19.1 Å². The zero-order valence-corrected chi connectivity index (χ0v) is 17.4. The molecule has 152 valence electrons. The van der Waals surface area contributed by atoms with Crippen molar-refractivity contribution in [2.75, 3.05) is 19.6 Å². The highest BCUT2D eigenvalue weighted by Gasteiger charge is 2.28. The average Bonchev–Trinajstić information content (AvgIpc) is 3.26. The van der Waals surface area contributed by atoms with Gasteiger partial charge >= 0.3 is 0 Å². The molecule has 1 saturated carbocycles. The van der Waals surface area contributed by atoms with Crippen molar-refractivity contribution >= 4 is 28.3 Å². The van der Waals surface area contributed by atoms with E-state index in [0.29, 0.717) is 23.8 Å². The Morgan fingerprint density at radius 2 is 1.93 bits per heavy atom. The standard InChI is InChI=1S/C19H29N3O3S.ClH/c1-2-13-22(17-11-12-20-14-17)19(23)10-5-15-3-8-18(9-4-15)26(24,25)21-16-6-7-16;/h3-4,8-9,16-17,20-21H,2,5-7,10-14H2,1H3;1H. The summed E-state index contributed by atoms with van der Waals surface area (Å²) in [5.41, 5.74) is 0.990. The van der Waals surface area contributed by atoms with Crippen molar-refractivity contribution in [2.45, 2.75) is 62.4 Å². The number of sulfonamides is 1. The maximum atomic E-state index is 12.6. The van der Waals surface area contributed by atoms with Crippen LogP contribution in [0.2, 0.25) is 0 Å². The SMILES string of the molecule is CCCN(C(=O)CCc1ccc(S(=O)(=O)NC2CC2)cc1)C1CCNC1.Cl. The van der Waals surface area contributed by atoms with Gasteiger partial charge in [-0.2, -0.15) is 0 Å². The largest absolute Gasteiger partial charge is 0.338 e. The molecule has 1 aliphatic carbocycles. The summed E-state index contributed by atoms with van der Waals surface area (Å²) in [6.07, 6.45) is 4.92. The van der Waals surface area contributed by atoms with Crippen LogP contribution < -0.4 is 10.0 Å². The zero-order valence-electron chi connectivity index (χ0n) is 15.8. The summed E-state index contributed by atoms with van der Waals surface area (Å²) >= 11 is 0. The third-order valence-electron chi connectivity index (χ3n) is 5.02. The Bertz CT molecular complexity index is 714. The molecule has 0 spiro atoms. The van der Waals surface area contributed by atoms with E-state index in [9.17, 15) is 13.2 Å². The number of benzene rings is 1. The molecule has 0 aromatic heterocycles. The molecule has 1 saturated heterocycles. The smallest absolute Gasteiger partial charge is 0.240 e. The van der Waals surface area contributed by atoms with Gasteiger partial charge < -0.3 is 10.2 Å². The molecule has 1 aliphatic heterocycles. The van der Waals surface area contributed by atoms with E-state index < -0.39 is 10.0 Å². The normalized spacial score (nSPS) is 19.5. The number of nitrogens with zero attached hydrogens (tertiary/aromatic N) is 1. The Morgan fingerprint density at radius 3 is 2.48 bits per heavy atom. The maximum Gasteiger partial charge on any atom is 0.240 e. The van der Waals surface area contributed by atoms with E-state index in [0.717, 1.165) is 50.9 Å². The number of amides is 1. The molecule has 1 atom stereocenters. The Balaban J connectivity index is 0.00000261. The summed E-state index contributed by atoms with van der Waals surface area (Å²) in [6.45, 7) is 4.75. The van der Waals surface area contributed by atoms with Crippen LogP contribution >= 0.6 is 12.4 Å². The third-order valence-corrected chi connectivity index (χ3v) is 6.56. The lowest BCUT2D eigenvalue weighted by atomic mass is 10.1. The summed E-state index contributed by atoms with van der Waals surface area (Å²) < 4.78 is 27.1. The molecule has 2 N–H and O–H groups in total. The molecule has 0 radical (unpaired) electrons. The molecule has 1 unspecified atom stereocenters. The maximum absolute atomic E-state index is 12.6. The molecule has 27 heavy (non-hydrogen) atoms. The lowest BCUT2D eigenvalue weighted by molar-refractivity contribution is -0.133. The molecule has 2 fully saturated rings. The molecular formula is C19H30ClN3O3S. The number of carbonyl (C=O) groups is 1. The minimum atomic E-state index is -3.41. The van der Waals surface area contributed by atoms with E-state index in [1.807, 2.05) is 17.0 Å². The van der Waals surface area contributed by atoms with Crippen LogP contribution in [0.15, 0.2) is 29.2 Å². The second kappa shape index (κ2) is 9.87. The van der Waals surface area contributed by atoms with Crippen molar-refractivity contribution in [2.24, 2.45) is 0 Å². The number of hydrogen-bond donors (Lipinski definition) is 2. The molecule has 3 rings (SSSR count). The highest BCUT2D eigenvalue weighted by Crippen LogP contribution is 2.22. The Hall–Kier alpha value is -1.15. The van der Waals surface area contributed by atoms with Gasteiger partial charge in [0.15, 0.2) is 0 Å².